The molecule has 1 aromatic rings. The Bertz CT molecular complexity index is 521. The Balaban J connectivity index is 1.89. The van der Waals surface area contributed by atoms with Crippen molar-refractivity contribution >= 4 is 11.9 Å². The van der Waals surface area contributed by atoms with E-state index in [0.29, 0.717) is 0 Å². The van der Waals surface area contributed by atoms with Crippen molar-refractivity contribution in [3.05, 3.63) is 18.1 Å². The number of anilines is 1. The fourth-order valence-electron chi connectivity index (χ4n) is 2.32. The van der Waals surface area contributed by atoms with Crippen LogP contribution in [-0.4, -0.2) is 52.7 Å². The molecule has 0 saturated carbocycles. The van der Waals surface area contributed by atoms with Crippen molar-refractivity contribution < 1.29 is 9.53 Å². The van der Waals surface area contributed by atoms with Crippen LogP contribution in [0.15, 0.2) is 12.4 Å². The van der Waals surface area contributed by atoms with E-state index in [1.54, 1.807) is 18.3 Å². The number of hydrogen-bond acceptors (Lipinski definition) is 5. The fraction of sp³-hybridized carbons (Fsp3) is 0.688. The van der Waals surface area contributed by atoms with Crippen molar-refractivity contribution in [3.63, 3.8) is 0 Å². The van der Waals surface area contributed by atoms with Crippen LogP contribution in [0.3, 0.4) is 0 Å². The zero-order valence-electron chi connectivity index (χ0n) is 14.2. The van der Waals surface area contributed by atoms with Crippen molar-refractivity contribution in [2.75, 3.05) is 25.0 Å². The maximum atomic E-state index is 12.0. The van der Waals surface area contributed by atoms with Gasteiger partial charge in [0.1, 0.15) is 17.7 Å². The molecule has 2 heterocycles. The summed E-state index contributed by atoms with van der Waals surface area (Å²) in [6, 6.07) is 2.20. The van der Waals surface area contributed by atoms with Crippen molar-refractivity contribution in [1.29, 1.82) is 0 Å². The quantitative estimate of drug-likeness (QED) is 0.855. The van der Waals surface area contributed by atoms with Gasteiger partial charge in [-0.05, 0) is 27.2 Å². The van der Waals surface area contributed by atoms with Crippen LogP contribution in [0.4, 0.5) is 10.6 Å². The Hall–Kier alpha value is -1.85. The Kier molecular flexibility index (Phi) is 4.88. The molecule has 1 aromatic heterocycles. The van der Waals surface area contributed by atoms with Crippen molar-refractivity contribution in [2.24, 2.45) is 0 Å². The number of aryl methyl sites for hydroxylation is 1. The smallest absolute Gasteiger partial charge is 0.410 e. The molecule has 0 spiro atoms. The van der Waals surface area contributed by atoms with E-state index >= 15 is 0 Å². The average Bonchev–Trinajstić information content (AvgIpc) is 2.35. The number of likely N-dealkylation sites (N-methyl/N-ethyl adjacent to an activating group) is 1. The summed E-state index contributed by atoms with van der Waals surface area (Å²) in [6.45, 7) is 9.32. The number of carbonyl (C=O) groups excluding carboxylic acids is 1. The van der Waals surface area contributed by atoms with Gasteiger partial charge in [0.25, 0.3) is 0 Å². The third-order valence-corrected chi connectivity index (χ3v) is 3.63. The van der Waals surface area contributed by atoms with Gasteiger partial charge in [0.05, 0.1) is 6.04 Å². The van der Waals surface area contributed by atoms with Gasteiger partial charge in [-0.3, -0.25) is 0 Å². The van der Waals surface area contributed by atoms with Crippen molar-refractivity contribution in [1.82, 2.24) is 14.9 Å². The first-order valence-electron chi connectivity index (χ1n) is 7.82. The summed E-state index contributed by atoms with van der Waals surface area (Å²) in [5, 5.41) is 0. The number of hydrogen-bond donors (Lipinski definition) is 0. The molecule has 22 heavy (non-hydrogen) atoms. The van der Waals surface area contributed by atoms with Crippen LogP contribution in [0.25, 0.3) is 0 Å². The largest absolute Gasteiger partial charge is 0.444 e. The first-order valence-corrected chi connectivity index (χ1v) is 7.82. The van der Waals surface area contributed by atoms with E-state index in [1.807, 2.05) is 26.8 Å². The molecule has 1 fully saturated rings. The number of rotatable bonds is 4. The van der Waals surface area contributed by atoms with Crippen molar-refractivity contribution in [2.45, 2.75) is 52.2 Å². The third-order valence-electron chi connectivity index (χ3n) is 3.63. The first-order chi connectivity index (χ1) is 10.3. The molecule has 0 radical (unpaired) electrons. The fourth-order valence-corrected chi connectivity index (χ4v) is 2.32. The van der Waals surface area contributed by atoms with Gasteiger partial charge in [0, 0.05) is 31.9 Å². The van der Waals surface area contributed by atoms with Crippen LogP contribution in [0, 0.1) is 0 Å². The molecule has 0 N–H and O–H groups in total. The monoisotopic (exact) mass is 306 g/mol. The van der Waals surface area contributed by atoms with Crippen LogP contribution in [0.2, 0.25) is 0 Å². The molecule has 0 aliphatic carbocycles. The molecule has 1 aliphatic rings. The highest BCUT2D eigenvalue weighted by Gasteiger charge is 2.35. The number of carbonyl (C=O) groups is 1. The lowest BCUT2D eigenvalue weighted by Crippen LogP contribution is -2.60. The Morgan fingerprint density at radius 1 is 1.41 bits per heavy atom. The van der Waals surface area contributed by atoms with Gasteiger partial charge in [-0.1, -0.05) is 13.3 Å². The summed E-state index contributed by atoms with van der Waals surface area (Å²) in [5.41, 5.74) is 0.604. The molecular weight excluding hydrogens is 280 g/mol. The van der Waals surface area contributed by atoms with Crippen LogP contribution in [0.5, 0.6) is 0 Å². The number of nitrogens with zero attached hydrogens (tertiary/aromatic N) is 4. The lowest BCUT2D eigenvalue weighted by Gasteiger charge is -2.44. The molecule has 0 aromatic carbocycles. The minimum absolute atomic E-state index is 0.166. The van der Waals surface area contributed by atoms with E-state index in [0.717, 1.165) is 37.4 Å². The molecule has 1 amide bonds. The predicted octanol–water partition coefficient (Wildman–Crippen LogP) is 2.48. The van der Waals surface area contributed by atoms with Crippen molar-refractivity contribution in [3.8, 4) is 0 Å². The highest BCUT2D eigenvalue weighted by molar-refractivity contribution is 5.69. The van der Waals surface area contributed by atoms with E-state index in [-0.39, 0.29) is 12.1 Å². The number of amides is 1. The topological polar surface area (TPSA) is 58.6 Å². The Morgan fingerprint density at radius 3 is 2.68 bits per heavy atom. The second-order valence-corrected chi connectivity index (χ2v) is 6.77. The molecular formula is C16H26N4O2. The highest BCUT2D eigenvalue weighted by atomic mass is 16.6. The third kappa shape index (κ3) is 4.08. The normalized spacial score (nSPS) is 15.4. The zero-order chi connectivity index (χ0) is 16.3. The van der Waals surface area contributed by atoms with Gasteiger partial charge in [0.2, 0.25) is 0 Å². The maximum absolute atomic E-state index is 12.0. The average molecular weight is 306 g/mol. The van der Waals surface area contributed by atoms with Gasteiger partial charge in [0.15, 0.2) is 0 Å². The van der Waals surface area contributed by atoms with E-state index in [4.69, 9.17) is 4.74 Å². The number of aromatic nitrogens is 2. The van der Waals surface area contributed by atoms with Gasteiger partial charge < -0.3 is 14.5 Å². The van der Waals surface area contributed by atoms with Crippen LogP contribution < -0.4 is 4.90 Å². The molecule has 6 nitrogen and oxygen atoms in total. The lowest BCUT2D eigenvalue weighted by atomic mass is 10.1. The summed E-state index contributed by atoms with van der Waals surface area (Å²) < 4.78 is 5.39. The molecule has 0 atom stereocenters. The second kappa shape index (κ2) is 6.50. The molecule has 0 unspecified atom stereocenters. The van der Waals surface area contributed by atoms with E-state index < -0.39 is 5.60 Å². The summed E-state index contributed by atoms with van der Waals surface area (Å²) >= 11 is 0. The predicted molar refractivity (Wildman–Crippen MR) is 86.0 cm³/mol. The number of ether oxygens (including phenoxy) is 1. The van der Waals surface area contributed by atoms with Gasteiger partial charge >= 0.3 is 6.09 Å². The molecule has 1 saturated heterocycles. The second-order valence-electron chi connectivity index (χ2n) is 6.77. The summed E-state index contributed by atoms with van der Waals surface area (Å²) in [5.74, 6) is 0.937. The SMILES string of the molecule is CCCc1cc(N2CC(N(C)C(=O)OC(C)(C)C)C2)ncn1. The van der Waals surface area contributed by atoms with Crippen LogP contribution in [0.1, 0.15) is 39.8 Å². The zero-order valence-corrected chi connectivity index (χ0v) is 14.2. The van der Waals surface area contributed by atoms with E-state index in [2.05, 4.69) is 21.8 Å². The molecule has 6 heteroatoms. The Morgan fingerprint density at radius 2 is 2.09 bits per heavy atom. The Labute approximate surface area is 132 Å². The van der Waals surface area contributed by atoms with E-state index in [9.17, 15) is 4.79 Å². The highest BCUT2D eigenvalue weighted by Crippen LogP contribution is 2.23. The molecule has 1 aliphatic heterocycles. The molecule has 122 valence electrons. The summed E-state index contributed by atoms with van der Waals surface area (Å²) in [4.78, 5) is 24.5. The minimum atomic E-state index is -0.462. The van der Waals surface area contributed by atoms with Crippen LogP contribution >= 0.6 is 0 Å². The first kappa shape index (κ1) is 16.5. The van der Waals surface area contributed by atoms with E-state index in [1.165, 1.54) is 0 Å². The van der Waals surface area contributed by atoms with Gasteiger partial charge in [-0.2, -0.15) is 0 Å². The maximum Gasteiger partial charge on any atom is 0.410 e. The summed E-state index contributed by atoms with van der Waals surface area (Å²) in [6.07, 6.45) is 3.38. The molecule has 2 rings (SSSR count). The minimum Gasteiger partial charge on any atom is -0.444 e. The standard InChI is InChI=1S/C16H26N4O2/c1-6-7-12-8-14(18-11-17-12)20-9-13(10-20)19(5)15(21)22-16(2,3)4/h8,11,13H,6-7,9-10H2,1-5H3. The van der Waals surface area contributed by atoms with Gasteiger partial charge in [-0.15, -0.1) is 0 Å². The lowest BCUT2D eigenvalue weighted by molar-refractivity contribution is 0.0196. The van der Waals surface area contributed by atoms with Gasteiger partial charge in [-0.25, -0.2) is 14.8 Å². The van der Waals surface area contributed by atoms with Crippen LogP contribution in [-0.2, 0) is 11.2 Å². The summed E-state index contributed by atoms with van der Waals surface area (Å²) in [7, 11) is 1.79. The molecule has 0 bridgehead atoms.